The summed E-state index contributed by atoms with van der Waals surface area (Å²) < 4.78 is 12.4. The van der Waals surface area contributed by atoms with Gasteiger partial charge in [0.15, 0.2) is 0 Å². The van der Waals surface area contributed by atoms with Gasteiger partial charge in [0.1, 0.15) is 11.5 Å². The lowest BCUT2D eigenvalue weighted by atomic mass is 10.1. The smallest absolute Gasteiger partial charge is 0.203 e. The van der Waals surface area contributed by atoms with E-state index in [-0.39, 0.29) is 0 Å². The third kappa shape index (κ3) is 3.35. The summed E-state index contributed by atoms with van der Waals surface area (Å²) in [5.41, 5.74) is 3.32. The Bertz CT molecular complexity index is 792. The molecule has 0 aliphatic carbocycles. The fraction of sp³-hybridized carbons (Fsp3) is 0.211. The van der Waals surface area contributed by atoms with Crippen molar-refractivity contribution < 1.29 is 9.47 Å². The molecule has 1 aromatic heterocycles. The van der Waals surface area contributed by atoms with E-state index in [2.05, 4.69) is 10.3 Å². The molecule has 0 fully saturated rings. The van der Waals surface area contributed by atoms with Gasteiger partial charge in [-0.25, -0.2) is 4.98 Å². The molecule has 5 heteroatoms. The maximum atomic E-state index is 5.20. The van der Waals surface area contributed by atoms with Crippen molar-refractivity contribution in [3.8, 4) is 22.8 Å². The first-order chi connectivity index (χ1) is 11.7. The highest BCUT2D eigenvalue weighted by Crippen LogP contribution is 2.24. The van der Waals surface area contributed by atoms with Gasteiger partial charge in [0.25, 0.3) is 0 Å². The summed E-state index contributed by atoms with van der Waals surface area (Å²) in [4.78, 5) is 4.48. The maximum Gasteiger partial charge on any atom is 0.203 e. The highest BCUT2D eigenvalue weighted by atomic mass is 16.5. The van der Waals surface area contributed by atoms with Gasteiger partial charge >= 0.3 is 0 Å². The van der Waals surface area contributed by atoms with Crippen LogP contribution in [0, 0.1) is 0 Å². The van der Waals surface area contributed by atoms with Gasteiger partial charge in [-0.2, -0.15) is 0 Å². The van der Waals surface area contributed by atoms with E-state index < -0.39 is 0 Å². The number of imidazole rings is 1. The van der Waals surface area contributed by atoms with E-state index in [4.69, 9.17) is 9.47 Å². The molecule has 0 aliphatic heterocycles. The lowest BCUT2D eigenvalue weighted by Crippen LogP contribution is -2.05. The van der Waals surface area contributed by atoms with Crippen molar-refractivity contribution >= 4 is 5.95 Å². The third-order valence-electron chi connectivity index (χ3n) is 3.98. The van der Waals surface area contributed by atoms with Crippen molar-refractivity contribution in [1.29, 1.82) is 0 Å². The van der Waals surface area contributed by atoms with E-state index in [0.29, 0.717) is 6.54 Å². The molecular formula is C19H21N3O2. The molecule has 0 saturated heterocycles. The standard InChI is InChI=1S/C19H21N3O2/c1-22-18(15-6-10-17(24-3)11-7-15)13-21-19(22)20-12-14-4-8-16(23-2)9-5-14/h4-11,13H,12H2,1-3H3,(H,20,21). The minimum Gasteiger partial charge on any atom is -0.497 e. The number of nitrogens with zero attached hydrogens (tertiary/aromatic N) is 2. The summed E-state index contributed by atoms with van der Waals surface area (Å²) in [6.45, 7) is 0.705. The van der Waals surface area contributed by atoms with E-state index in [0.717, 1.165) is 28.7 Å². The number of methoxy groups -OCH3 is 2. The van der Waals surface area contributed by atoms with Crippen molar-refractivity contribution in [2.45, 2.75) is 6.54 Å². The van der Waals surface area contributed by atoms with Crippen molar-refractivity contribution in [3.63, 3.8) is 0 Å². The Hall–Kier alpha value is -2.95. The van der Waals surface area contributed by atoms with Crippen molar-refractivity contribution in [2.24, 2.45) is 7.05 Å². The van der Waals surface area contributed by atoms with Crippen LogP contribution in [0.3, 0.4) is 0 Å². The third-order valence-corrected chi connectivity index (χ3v) is 3.98. The molecule has 0 spiro atoms. The molecule has 0 bridgehead atoms. The number of rotatable bonds is 6. The molecule has 24 heavy (non-hydrogen) atoms. The fourth-order valence-corrected chi connectivity index (χ4v) is 2.53. The van der Waals surface area contributed by atoms with Gasteiger partial charge < -0.3 is 19.4 Å². The lowest BCUT2D eigenvalue weighted by Gasteiger charge is -2.09. The molecule has 124 valence electrons. The van der Waals surface area contributed by atoms with Crippen LogP contribution in [0.15, 0.2) is 54.7 Å². The topological polar surface area (TPSA) is 48.3 Å². The van der Waals surface area contributed by atoms with Gasteiger partial charge in [0.05, 0.1) is 26.1 Å². The van der Waals surface area contributed by atoms with Crippen LogP contribution in [0.2, 0.25) is 0 Å². The normalized spacial score (nSPS) is 10.5. The Morgan fingerprint density at radius 2 is 1.50 bits per heavy atom. The predicted molar refractivity (Wildman–Crippen MR) is 95.5 cm³/mol. The predicted octanol–water partition coefficient (Wildman–Crippen LogP) is 3.72. The summed E-state index contributed by atoms with van der Waals surface area (Å²) in [6, 6.07) is 16.0. The summed E-state index contributed by atoms with van der Waals surface area (Å²) in [6.07, 6.45) is 1.87. The number of hydrogen-bond acceptors (Lipinski definition) is 4. The summed E-state index contributed by atoms with van der Waals surface area (Å²) in [5, 5.41) is 3.37. The number of benzene rings is 2. The molecule has 5 nitrogen and oxygen atoms in total. The van der Waals surface area contributed by atoms with Gasteiger partial charge in [0.2, 0.25) is 5.95 Å². The summed E-state index contributed by atoms with van der Waals surface area (Å²) >= 11 is 0. The molecule has 1 N–H and O–H groups in total. The molecule has 1 heterocycles. The Labute approximate surface area is 141 Å². The number of anilines is 1. The largest absolute Gasteiger partial charge is 0.497 e. The van der Waals surface area contributed by atoms with E-state index >= 15 is 0 Å². The Morgan fingerprint density at radius 1 is 0.917 bits per heavy atom. The molecule has 3 aromatic rings. The zero-order valence-corrected chi connectivity index (χ0v) is 14.1. The second-order valence-corrected chi connectivity index (χ2v) is 5.46. The molecule has 3 rings (SSSR count). The minimum absolute atomic E-state index is 0.705. The van der Waals surface area contributed by atoms with Crippen molar-refractivity contribution in [2.75, 3.05) is 19.5 Å². The number of ether oxygens (including phenoxy) is 2. The first-order valence-electron chi connectivity index (χ1n) is 7.74. The van der Waals surface area contributed by atoms with Crippen LogP contribution < -0.4 is 14.8 Å². The zero-order chi connectivity index (χ0) is 16.9. The minimum atomic E-state index is 0.705. The number of aromatic nitrogens is 2. The van der Waals surface area contributed by atoms with E-state index in [1.165, 1.54) is 5.56 Å². The zero-order valence-electron chi connectivity index (χ0n) is 14.1. The van der Waals surface area contributed by atoms with Crippen LogP contribution >= 0.6 is 0 Å². The average Bonchev–Trinajstić information content (AvgIpc) is 3.01. The second-order valence-electron chi connectivity index (χ2n) is 5.46. The van der Waals surface area contributed by atoms with Gasteiger partial charge in [-0.3, -0.25) is 0 Å². The Balaban J connectivity index is 1.71. The molecule has 2 aromatic carbocycles. The molecule has 0 amide bonds. The van der Waals surface area contributed by atoms with Crippen LogP contribution in [-0.2, 0) is 13.6 Å². The molecule has 0 radical (unpaired) electrons. The average molecular weight is 323 g/mol. The number of nitrogens with one attached hydrogen (secondary N) is 1. The number of hydrogen-bond donors (Lipinski definition) is 1. The van der Waals surface area contributed by atoms with Crippen molar-refractivity contribution in [1.82, 2.24) is 9.55 Å². The molecule has 0 saturated carbocycles. The molecule has 0 unspecified atom stereocenters. The summed E-state index contributed by atoms with van der Waals surface area (Å²) in [5.74, 6) is 2.54. The quantitative estimate of drug-likeness (QED) is 0.751. The monoisotopic (exact) mass is 323 g/mol. The van der Waals surface area contributed by atoms with E-state index in [1.54, 1.807) is 14.2 Å². The van der Waals surface area contributed by atoms with Crippen LogP contribution in [0.5, 0.6) is 11.5 Å². The fourth-order valence-electron chi connectivity index (χ4n) is 2.53. The highest BCUT2D eigenvalue weighted by molar-refractivity contribution is 5.62. The maximum absolute atomic E-state index is 5.20. The van der Waals surface area contributed by atoms with Crippen LogP contribution in [0.4, 0.5) is 5.95 Å². The highest BCUT2D eigenvalue weighted by Gasteiger charge is 2.08. The van der Waals surface area contributed by atoms with Gasteiger partial charge in [-0.05, 0) is 42.0 Å². The van der Waals surface area contributed by atoms with Crippen LogP contribution in [-0.4, -0.2) is 23.8 Å². The second kappa shape index (κ2) is 7.08. The summed E-state index contributed by atoms with van der Waals surface area (Å²) in [7, 11) is 5.34. The van der Waals surface area contributed by atoms with Crippen LogP contribution in [0.25, 0.3) is 11.3 Å². The molecular weight excluding hydrogens is 302 g/mol. The molecule has 0 atom stereocenters. The van der Waals surface area contributed by atoms with E-state index in [9.17, 15) is 0 Å². The molecule has 0 aliphatic rings. The van der Waals surface area contributed by atoms with Gasteiger partial charge in [0, 0.05) is 19.2 Å². The Kier molecular flexibility index (Phi) is 4.70. The van der Waals surface area contributed by atoms with Gasteiger partial charge in [-0.1, -0.05) is 12.1 Å². The van der Waals surface area contributed by atoms with E-state index in [1.807, 2.05) is 66.3 Å². The SMILES string of the molecule is COc1ccc(CNc2ncc(-c3ccc(OC)cc3)n2C)cc1. The first-order valence-corrected chi connectivity index (χ1v) is 7.74. The van der Waals surface area contributed by atoms with Crippen LogP contribution in [0.1, 0.15) is 5.56 Å². The van der Waals surface area contributed by atoms with Gasteiger partial charge in [-0.15, -0.1) is 0 Å². The first kappa shape index (κ1) is 15.9. The Morgan fingerprint density at radius 3 is 2.08 bits per heavy atom. The lowest BCUT2D eigenvalue weighted by molar-refractivity contribution is 0.414. The van der Waals surface area contributed by atoms with Crippen molar-refractivity contribution in [3.05, 3.63) is 60.3 Å².